The summed E-state index contributed by atoms with van der Waals surface area (Å²) in [6.45, 7) is 1.81. The lowest BCUT2D eigenvalue weighted by molar-refractivity contribution is 0.913. The fraction of sp³-hybridized carbons (Fsp3) is 0.222. The number of nitrogens with one attached hydrogen (secondary N) is 2. The van der Waals surface area contributed by atoms with Crippen molar-refractivity contribution in [1.29, 1.82) is 0 Å². The number of aryl methyl sites for hydroxylation is 1. The van der Waals surface area contributed by atoms with E-state index < -0.39 is 0 Å². The quantitative estimate of drug-likeness (QED) is 0.745. The van der Waals surface area contributed by atoms with Crippen LogP contribution in [0.15, 0.2) is 18.3 Å². The second-order valence-corrected chi connectivity index (χ2v) is 2.89. The second kappa shape index (κ2) is 3.45. The van der Waals surface area contributed by atoms with Gasteiger partial charge in [-0.2, -0.15) is 0 Å². The Kier molecular flexibility index (Phi) is 2.14. The highest BCUT2D eigenvalue weighted by Gasteiger charge is 2.08. The molecule has 0 aliphatic heterocycles. The third-order valence-corrected chi connectivity index (χ3v) is 1.88. The largest absolute Gasteiger partial charge is 0.371 e. The zero-order valence-corrected chi connectivity index (χ0v) is 8.07. The van der Waals surface area contributed by atoms with Crippen molar-refractivity contribution in [3.63, 3.8) is 0 Å². The normalized spacial score (nSPS) is 10.1. The summed E-state index contributed by atoms with van der Waals surface area (Å²) in [6.07, 6.45) is 1.84. The van der Waals surface area contributed by atoms with Crippen molar-refractivity contribution in [1.82, 2.24) is 20.2 Å². The lowest BCUT2D eigenvalue weighted by Crippen LogP contribution is -2.02. The molecule has 2 aromatic rings. The molecule has 0 saturated carbocycles. The monoisotopic (exact) mass is 189 g/mol. The van der Waals surface area contributed by atoms with E-state index in [1.54, 1.807) is 0 Å². The van der Waals surface area contributed by atoms with Crippen LogP contribution in [0.2, 0.25) is 0 Å². The Hall–Kier alpha value is -1.91. The molecule has 0 unspecified atom stereocenters. The van der Waals surface area contributed by atoms with Crippen molar-refractivity contribution < 1.29 is 0 Å². The number of anilines is 1. The molecule has 0 fully saturated rings. The summed E-state index contributed by atoms with van der Waals surface area (Å²) in [5, 5.41) is 11.0. The number of aromatic nitrogens is 4. The number of hydrogen-bond donors (Lipinski definition) is 2. The van der Waals surface area contributed by atoms with E-state index in [0.717, 1.165) is 17.2 Å². The van der Waals surface area contributed by atoms with E-state index in [1.165, 1.54) is 0 Å². The molecule has 0 bridgehead atoms. The molecule has 0 aliphatic rings. The van der Waals surface area contributed by atoms with Crippen molar-refractivity contribution in [2.75, 3.05) is 12.4 Å². The predicted molar refractivity (Wildman–Crippen MR) is 53.9 cm³/mol. The van der Waals surface area contributed by atoms with Gasteiger partial charge in [0.1, 0.15) is 5.82 Å². The molecule has 2 heterocycles. The van der Waals surface area contributed by atoms with Gasteiger partial charge in [-0.25, -0.2) is 4.98 Å². The van der Waals surface area contributed by atoms with Gasteiger partial charge in [0.05, 0.1) is 5.69 Å². The number of H-pyrrole nitrogens is 1. The molecule has 0 atom stereocenters. The molecule has 0 radical (unpaired) electrons. The molecule has 0 amide bonds. The Labute approximate surface area is 81.6 Å². The summed E-state index contributed by atoms with van der Waals surface area (Å²) < 4.78 is 0. The molecular formula is C9H11N5. The molecule has 72 valence electrons. The summed E-state index contributed by atoms with van der Waals surface area (Å²) in [4.78, 5) is 7.31. The van der Waals surface area contributed by atoms with E-state index in [1.807, 2.05) is 32.3 Å². The standard InChI is InChI=1S/C9H11N5/c1-6-12-9(10-2)8(14-13-6)7-4-3-5-11-7/h3-5,11H,1-2H3,(H,10,12,13). The SMILES string of the molecule is CNc1nc(C)nnc1-c1ccc[nH]1. The van der Waals surface area contributed by atoms with Gasteiger partial charge in [0.15, 0.2) is 11.5 Å². The first-order chi connectivity index (χ1) is 6.81. The Bertz CT molecular complexity index is 421. The van der Waals surface area contributed by atoms with Gasteiger partial charge in [-0.15, -0.1) is 10.2 Å². The third kappa shape index (κ3) is 1.44. The van der Waals surface area contributed by atoms with Crippen LogP contribution in [-0.2, 0) is 0 Å². The maximum atomic E-state index is 4.24. The highest BCUT2D eigenvalue weighted by Crippen LogP contribution is 2.20. The maximum Gasteiger partial charge on any atom is 0.158 e. The zero-order chi connectivity index (χ0) is 9.97. The van der Waals surface area contributed by atoms with E-state index in [9.17, 15) is 0 Å². The Morgan fingerprint density at radius 1 is 1.36 bits per heavy atom. The molecule has 0 spiro atoms. The lowest BCUT2D eigenvalue weighted by Gasteiger charge is -2.04. The molecule has 0 aliphatic carbocycles. The summed E-state index contributed by atoms with van der Waals surface area (Å²) in [7, 11) is 1.82. The minimum Gasteiger partial charge on any atom is -0.371 e. The summed E-state index contributed by atoms with van der Waals surface area (Å²) in [6, 6.07) is 3.85. The molecular weight excluding hydrogens is 178 g/mol. The molecule has 0 saturated heterocycles. The van der Waals surface area contributed by atoms with Gasteiger partial charge >= 0.3 is 0 Å². The first-order valence-electron chi connectivity index (χ1n) is 4.34. The first-order valence-corrected chi connectivity index (χ1v) is 4.34. The van der Waals surface area contributed by atoms with Crippen LogP contribution in [0.4, 0.5) is 5.82 Å². The van der Waals surface area contributed by atoms with Gasteiger partial charge in [-0.05, 0) is 19.1 Å². The topological polar surface area (TPSA) is 66.5 Å². The van der Waals surface area contributed by atoms with Crippen LogP contribution in [0.1, 0.15) is 5.82 Å². The summed E-state index contributed by atoms with van der Waals surface area (Å²) >= 11 is 0. The van der Waals surface area contributed by atoms with Crippen molar-refractivity contribution in [2.24, 2.45) is 0 Å². The number of nitrogens with zero attached hydrogens (tertiary/aromatic N) is 3. The smallest absolute Gasteiger partial charge is 0.158 e. The average molecular weight is 189 g/mol. The van der Waals surface area contributed by atoms with Gasteiger partial charge < -0.3 is 10.3 Å². The van der Waals surface area contributed by atoms with E-state index in [2.05, 4.69) is 25.5 Å². The van der Waals surface area contributed by atoms with Gasteiger partial charge in [0.25, 0.3) is 0 Å². The summed E-state index contributed by atoms with van der Waals surface area (Å²) in [5.41, 5.74) is 1.65. The van der Waals surface area contributed by atoms with Gasteiger partial charge in [0.2, 0.25) is 0 Å². The third-order valence-electron chi connectivity index (χ3n) is 1.88. The molecule has 2 aromatic heterocycles. The van der Waals surface area contributed by atoms with Crippen LogP contribution in [0.5, 0.6) is 0 Å². The van der Waals surface area contributed by atoms with Crippen LogP contribution in [0.25, 0.3) is 11.4 Å². The van der Waals surface area contributed by atoms with E-state index in [4.69, 9.17) is 0 Å². The number of aromatic amines is 1. The first kappa shape index (κ1) is 8.68. The fourth-order valence-corrected chi connectivity index (χ4v) is 1.24. The van der Waals surface area contributed by atoms with Crippen molar-refractivity contribution >= 4 is 5.82 Å². The fourth-order valence-electron chi connectivity index (χ4n) is 1.24. The lowest BCUT2D eigenvalue weighted by atomic mass is 10.3. The van der Waals surface area contributed by atoms with Crippen LogP contribution >= 0.6 is 0 Å². The molecule has 0 aromatic carbocycles. The molecule has 2 N–H and O–H groups in total. The molecule has 2 rings (SSSR count). The van der Waals surface area contributed by atoms with Crippen LogP contribution in [-0.4, -0.2) is 27.2 Å². The summed E-state index contributed by atoms with van der Waals surface area (Å²) in [5.74, 6) is 1.39. The van der Waals surface area contributed by atoms with E-state index in [0.29, 0.717) is 5.82 Å². The second-order valence-electron chi connectivity index (χ2n) is 2.89. The van der Waals surface area contributed by atoms with Crippen LogP contribution in [0, 0.1) is 6.92 Å². The zero-order valence-electron chi connectivity index (χ0n) is 8.07. The predicted octanol–water partition coefficient (Wildman–Crippen LogP) is 1.22. The number of rotatable bonds is 2. The van der Waals surface area contributed by atoms with E-state index >= 15 is 0 Å². The number of hydrogen-bond acceptors (Lipinski definition) is 4. The maximum absolute atomic E-state index is 4.24. The highest BCUT2D eigenvalue weighted by molar-refractivity contribution is 5.67. The van der Waals surface area contributed by atoms with Gasteiger partial charge in [-0.3, -0.25) is 0 Å². The Morgan fingerprint density at radius 3 is 2.86 bits per heavy atom. The minimum atomic E-state index is 0.657. The van der Waals surface area contributed by atoms with Gasteiger partial charge in [0, 0.05) is 13.2 Å². The van der Waals surface area contributed by atoms with E-state index in [-0.39, 0.29) is 0 Å². The Morgan fingerprint density at radius 2 is 2.21 bits per heavy atom. The molecule has 14 heavy (non-hydrogen) atoms. The highest BCUT2D eigenvalue weighted by atomic mass is 15.2. The van der Waals surface area contributed by atoms with Crippen LogP contribution < -0.4 is 5.32 Å². The van der Waals surface area contributed by atoms with Crippen molar-refractivity contribution in [3.05, 3.63) is 24.2 Å². The Balaban J connectivity index is 2.53. The van der Waals surface area contributed by atoms with Crippen LogP contribution in [0.3, 0.4) is 0 Å². The molecule has 5 nitrogen and oxygen atoms in total. The van der Waals surface area contributed by atoms with Crippen molar-refractivity contribution in [3.8, 4) is 11.4 Å². The van der Waals surface area contributed by atoms with Gasteiger partial charge in [-0.1, -0.05) is 0 Å². The average Bonchev–Trinajstić information content (AvgIpc) is 2.70. The van der Waals surface area contributed by atoms with Crippen molar-refractivity contribution in [2.45, 2.75) is 6.92 Å². The minimum absolute atomic E-state index is 0.657. The molecule has 5 heteroatoms.